The molecule has 0 unspecified atom stereocenters. The number of carboxylic acids is 1. The molecule has 0 amide bonds. The molecule has 5 nitrogen and oxygen atoms in total. The highest BCUT2D eigenvalue weighted by molar-refractivity contribution is 7.99. The first-order chi connectivity index (χ1) is 9.16. The van der Waals surface area contributed by atoms with Crippen LogP contribution in [0.3, 0.4) is 0 Å². The minimum Gasteiger partial charge on any atom is -0.481 e. The van der Waals surface area contributed by atoms with Gasteiger partial charge < -0.3 is 5.11 Å². The predicted molar refractivity (Wildman–Crippen MR) is 75.1 cm³/mol. The molecule has 7 heteroatoms. The molecule has 19 heavy (non-hydrogen) atoms. The summed E-state index contributed by atoms with van der Waals surface area (Å²) >= 11 is 2.53. The van der Waals surface area contributed by atoms with Crippen molar-refractivity contribution >= 4 is 39.3 Å². The lowest BCUT2D eigenvalue weighted by Gasteiger charge is -2.29. The molecule has 1 saturated carbocycles. The Morgan fingerprint density at radius 1 is 1.58 bits per heavy atom. The number of carboxylic acid groups (broad SMARTS) is 1. The Balaban J connectivity index is 2.10. The Morgan fingerprint density at radius 3 is 3.00 bits per heavy atom. The van der Waals surface area contributed by atoms with Gasteiger partial charge in [0.05, 0.1) is 11.1 Å². The lowest BCUT2D eigenvalue weighted by Crippen LogP contribution is -2.31. The maximum atomic E-state index is 12.5. The van der Waals surface area contributed by atoms with Crippen molar-refractivity contribution < 1.29 is 9.90 Å². The quantitative estimate of drug-likeness (QED) is 0.692. The standard InChI is InChI=1S/C12H12N2O3S2/c15-9(16)6-19-12-13-10-8(4-5-18-10)11(17)14(12)7-2-1-3-7/h4-5,7H,1-3,6H2,(H,15,16). The second-order valence-electron chi connectivity index (χ2n) is 4.48. The van der Waals surface area contributed by atoms with Gasteiger partial charge in [-0.1, -0.05) is 11.8 Å². The molecule has 2 heterocycles. The number of aromatic nitrogens is 2. The highest BCUT2D eigenvalue weighted by Crippen LogP contribution is 2.34. The molecular formula is C12H12N2O3S2. The summed E-state index contributed by atoms with van der Waals surface area (Å²) in [7, 11) is 0. The zero-order chi connectivity index (χ0) is 13.4. The Bertz CT molecular complexity index is 688. The van der Waals surface area contributed by atoms with Crippen LogP contribution in [-0.4, -0.2) is 26.4 Å². The molecule has 0 aliphatic heterocycles. The first-order valence-corrected chi connectivity index (χ1v) is 7.87. The van der Waals surface area contributed by atoms with E-state index in [0.29, 0.717) is 15.4 Å². The third-order valence-electron chi connectivity index (χ3n) is 3.26. The molecule has 0 atom stereocenters. The number of hydrogen-bond donors (Lipinski definition) is 1. The molecule has 2 aromatic rings. The Hall–Kier alpha value is -1.34. The molecule has 0 spiro atoms. The largest absolute Gasteiger partial charge is 0.481 e. The molecule has 1 aliphatic rings. The molecule has 100 valence electrons. The fraction of sp³-hybridized carbons (Fsp3) is 0.417. The summed E-state index contributed by atoms with van der Waals surface area (Å²) < 4.78 is 1.69. The van der Waals surface area contributed by atoms with Crippen LogP contribution in [0.2, 0.25) is 0 Å². The van der Waals surface area contributed by atoms with Crippen LogP contribution in [0, 0.1) is 0 Å². The van der Waals surface area contributed by atoms with Gasteiger partial charge in [-0.3, -0.25) is 14.2 Å². The van der Waals surface area contributed by atoms with Crippen LogP contribution >= 0.6 is 23.1 Å². The molecule has 2 aromatic heterocycles. The first kappa shape index (κ1) is 12.7. The first-order valence-electron chi connectivity index (χ1n) is 6.01. The van der Waals surface area contributed by atoms with Gasteiger partial charge in [0.2, 0.25) is 0 Å². The summed E-state index contributed by atoms with van der Waals surface area (Å²) in [4.78, 5) is 28.3. The molecule has 1 N–H and O–H groups in total. The Morgan fingerprint density at radius 2 is 2.37 bits per heavy atom. The summed E-state index contributed by atoms with van der Waals surface area (Å²) in [5.41, 5.74) is -0.0381. The predicted octanol–water partition coefficient (Wildman–Crippen LogP) is 2.36. The van der Waals surface area contributed by atoms with Gasteiger partial charge >= 0.3 is 5.97 Å². The minimum atomic E-state index is -0.898. The summed E-state index contributed by atoms with van der Waals surface area (Å²) in [6.45, 7) is 0. The van der Waals surface area contributed by atoms with Crippen molar-refractivity contribution in [1.82, 2.24) is 9.55 Å². The van der Waals surface area contributed by atoms with Crippen LogP contribution in [0.15, 0.2) is 21.4 Å². The molecule has 0 radical (unpaired) electrons. The second-order valence-corrected chi connectivity index (χ2v) is 6.31. The van der Waals surface area contributed by atoms with E-state index in [0.717, 1.165) is 31.0 Å². The van der Waals surface area contributed by atoms with Crippen LogP contribution < -0.4 is 5.56 Å². The van der Waals surface area contributed by atoms with Crippen molar-refractivity contribution in [2.45, 2.75) is 30.5 Å². The molecule has 0 aromatic carbocycles. The third-order valence-corrected chi connectivity index (χ3v) is 5.01. The van der Waals surface area contributed by atoms with Crippen LogP contribution in [0.1, 0.15) is 25.3 Å². The topological polar surface area (TPSA) is 72.2 Å². The van der Waals surface area contributed by atoms with Crippen LogP contribution in [0.25, 0.3) is 10.2 Å². The summed E-state index contributed by atoms with van der Waals surface area (Å²) in [5, 5.41) is 11.8. The third kappa shape index (κ3) is 2.28. The van der Waals surface area contributed by atoms with E-state index in [1.54, 1.807) is 10.6 Å². The highest BCUT2D eigenvalue weighted by atomic mass is 32.2. The minimum absolute atomic E-state index is 0.0381. The average molecular weight is 296 g/mol. The maximum Gasteiger partial charge on any atom is 0.313 e. The number of thiophene rings is 1. The van der Waals surface area contributed by atoms with Gasteiger partial charge in [0.15, 0.2) is 5.16 Å². The molecule has 0 bridgehead atoms. The van der Waals surface area contributed by atoms with Gasteiger partial charge in [0.1, 0.15) is 4.83 Å². The average Bonchev–Trinajstić information content (AvgIpc) is 2.76. The van der Waals surface area contributed by atoms with E-state index in [1.165, 1.54) is 11.3 Å². The smallest absolute Gasteiger partial charge is 0.313 e. The number of carbonyl (C=O) groups is 1. The maximum absolute atomic E-state index is 12.5. The monoisotopic (exact) mass is 296 g/mol. The molecule has 0 saturated heterocycles. The van der Waals surface area contributed by atoms with Gasteiger partial charge in [-0.2, -0.15) is 0 Å². The van der Waals surface area contributed by atoms with Crippen LogP contribution in [0.4, 0.5) is 0 Å². The van der Waals surface area contributed by atoms with Crippen molar-refractivity contribution in [1.29, 1.82) is 0 Å². The van der Waals surface area contributed by atoms with Crippen LogP contribution in [-0.2, 0) is 4.79 Å². The van der Waals surface area contributed by atoms with Crippen molar-refractivity contribution in [2.24, 2.45) is 0 Å². The molecule has 1 aliphatic carbocycles. The zero-order valence-electron chi connectivity index (χ0n) is 10.0. The summed E-state index contributed by atoms with van der Waals surface area (Å²) in [6, 6.07) is 1.97. The number of aliphatic carboxylic acids is 1. The lowest BCUT2D eigenvalue weighted by atomic mass is 9.93. The fourth-order valence-electron chi connectivity index (χ4n) is 2.10. The molecule has 3 rings (SSSR count). The van der Waals surface area contributed by atoms with E-state index in [9.17, 15) is 9.59 Å². The lowest BCUT2D eigenvalue weighted by molar-refractivity contribution is -0.133. The van der Waals surface area contributed by atoms with Gasteiger partial charge in [-0.15, -0.1) is 11.3 Å². The highest BCUT2D eigenvalue weighted by Gasteiger charge is 2.25. The Kier molecular flexibility index (Phi) is 3.32. The fourth-order valence-corrected chi connectivity index (χ4v) is 3.69. The number of fused-ring (bicyclic) bond motifs is 1. The number of thioether (sulfide) groups is 1. The van der Waals surface area contributed by atoms with E-state index in [1.807, 2.05) is 5.38 Å². The van der Waals surface area contributed by atoms with Crippen LogP contribution in [0.5, 0.6) is 0 Å². The summed E-state index contributed by atoms with van der Waals surface area (Å²) in [5.74, 6) is -0.971. The molecular weight excluding hydrogens is 284 g/mol. The zero-order valence-corrected chi connectivity index (χ0v) is 11.7. The SMILES string of the molecule is O=C(O)CSc1nc2sccc2c(=O)n1C1CCC1. The van der Waals surface area contributed by atoms with Gasteiger partial charge in [0.25, 0.3) is 5.56 Å². The Labute approximate surface area is 117 Å². The summed E-state index contributed by atoms with van der Waals surface area (Å²) in [6.07, 6.45) is 3.05. The van der Waals surface area contributed by atoms with E-state index in [4.69, 9.17) is 5.11 Å². The van der Waals surface area contributed by atoms with Gasteiger partial charge in [0, 0.05) is 6.04 Å². The van der Waals surface area contributed by atoms with Crippen molar-refractivity contribution in [3.8, 4) is 0 Å². The van der Waals surface area contributed by atoms with Gasteiger partial charge in [-0.05, 0) is 30.7 Å². The van der Waals surface area contributed by atoms with Crippen molar-refractivity contribution in [3.63, 3.8) is 0 Å². The van der Waals surface area contributed by atoms with E-state index >= 15 is 0 Å². The van der Waals surface area contributed by atoms with Gasteiger partial charge in [-0.25, -0.2) is 4.98 Å². The van der Waals surface area contributed by atoms with Crippen molar-refractivity contribution in [2.75, 3.05) is 5.75 Å². The van der Waals surface area contributed by atoms with Crippen molar-refractivity contribution in [3.05, 3.63) is 21.8 Å². The van der Waals surface area contributed by atoms with E-state index in [-0.39, 0.29) is 17.4 Å². The molecule has 1 fully saturated rings. The van der Waals surface area contributed by atoms with E-state index < -0.39 is 5.97 Å². The number of nitrogens with zero attached hydrogens (tertiary/aromatic N) is 2. The number of rotatable bonds is 4. The van der Waals surface area contributed by atoms with E-state index in [2.05, 4.69) is 4.98 Å². The number of hydrogen-bond acceptors (Lipinski definition) is 5. The second kappa shape index (κ2) is 4.97. The normalized spacial score (nSPS) is 15.6.